The second-order valence-electron chi connectivity index (χ2n) is 4.10. The second kappa shape index (κ2) is 6.69. The van der Waals surface area contributed by atoms with Gasteiger partial charge in [0.05, 0.1) is 17.6 Å². The quantitative estimate of drug-likeness (QED) is 0.602. The molecule has 0 spiro atoms. The Morgan fingerprint density at radius 1 is 1.58 bits per heavy atom. The van der Waals surface area contributed by atoms with Crippen molar-refractivity contribution in [1.82, 2.24) is 0 Å². The summed E-state index contributed by atoms with van der Waals surface area (Å²) in [5.74, 6) is 0.0293. The van der Waals surface area contributed by atoms with Crippen molar-refractivity contribution in [3.8, 4) is 5.75 Å². The van der Waals surface area contributed by atoms with Crippen molar-refractivity contribution in [3.63, 3.8) is 0 Å². The van der Waals surface area contributed by atoms with E-state index in [2.05, 4.69) is 5.32 Å². The van der Waals surface area contributed by atoms with E-state index >= 15 is 0 Å². The zero-order valence-electron chi connectivity index (χ0n) is 10.9. The molecule has 0 saturated carbocycles. The van der Waals surface area contributed by atoms with Gasteiger partial charge in [0, 0.05) is 12.5 Å². The molecule has 0 fully saturated rings. The highest BCUT2D eigenvalue weighted by atomic mass is 16.6. The van der Waals surface area contributed by atoms with Crippen LogP contribution in [0.15, 0.2) is 18.2 Å². The zero-order chi connectivity index (χ0) is 14.4. The molecule has 3 N–H and O–H groups in total. The van der Waals surface area contributed by atoms with Crippen LogP contribution in [-0.4, -0.2) is 23.5 Å². The second-order valence-corrected chi connectivity index (χ2v) is 4.10. The van der Waals surface area contributed by atoms with E-state index in [0.717, 1.165) is 0 Å². The first-order chi connectivity index (χ1) is 8.93. The Hall–Kier alpha value is -2.15. The number of nitrogens with two attached hydrogens (primary N) is 1. The number of nitrogens with one attached hydrogen (secondary N) is 1. The maximum absolute atomic E-state index is 11.6. The number of benzene rings is 1. The lowest BCUT2D eigenvalue weighted by atomic mass is 10.2. The summed E-state index contributed by atoms with van der Waals surface area (Å²) in [5.41, 5.74) is 5.43. The lowest BCUT2D eigenvalue weighted by Crippen LogP contribution is -2.24. The standard InChI is InChI=1S/C12H17N3O4/c1-3-19-9-4-5-10(11(7-9)15(17)18)14-12(16)6-8(2)13/h4-5,7-8H,3,6,13H2,1-2H3,(H,14,16). The minimum absolute atomic E-state index is 0.102. The number of rotatable bonds is 6. The van der Waals surface area contributed by atoms with Crippen LogP contribution in [0.4, 0.5) is 11.4 Å². The van der Waals surface area contributed by atoms with E-state index in [-0.39, 0.29) is 29.7 Å². The van der Waals surface area contributed by atoms with Crippen molar-refractivity contribution < 1.29 is 14.5 Å². The van der Waals surface area contributed by atoms with Crippen molar-refractivity contribution in [2.45, 2.75) is 26.3 Å². The number of anilines is 1. The van der Waals surface area contributed by atoms with Crippen LogP contribution in [0.1, 0.15) is 20.3 Å². The van der Waals surface area contributed by atoms with Crippen LogP contribution >= 0.6 is 0 Å². The molecule has 0 aliphatic carbocycles. The normalized spacial score (nSPS) is 11.7. The summed E-state index contributed by atoms with van der Waals surface area (Å²) < 4.78 is 5.18. The minimum Gasteiger partial charge on any atom is -0.494 e. The Morgan fingerprint density at radius 3 is 2.79 bits per heavy atom. The molecular formula is C12H17N3O4. The molecule has 0 bridgehead atoms. The molecule has 0 radical (unpaired) electrons. The topological polar surface area (TPSA) is 107 Å². The van der Waals surface area contributed by atoms with Gasteiger partial charge in [0.25, 0.3) is 5.69 Å². The fraction of sp³-hybridized carbons (Fsp3) is 0.417. The molecule has 0 aliphatic rings. The van der Waals surface area contributed by atoms with Crippen LogP contribution < -0.4 is 15.8 Å². The van der Waals surface area contributed by atoms with Crippen LogP contribution in [0, 0.1) is 10.1 Å². The van der Waals surface area contributed by atoms with Gasteiger partial charge < -0.3 is 15.8 Å². The number of ether oxygens (including phenoxy) is 1. The van der Waals surface area contributed by atoms with Crippen molar-refractivity contribution >= 4 is 17.3 Å². The highest BCUT2D eigenvalue weighted by Gasteiger charge is 2.17. The molecule has 7 heteroatoms. The minimum atomic E-state index is -0.565. The fourth-order valence-corrected chi connectivity index (χ4v) is 1.52. The Balaban J connectivity index is 2.93. The summed E-state index contributed by atoms with van der Waals surface area (Å²) in [6, 6.07) is 3.99. The fourth-order valence-electron chi connectivity index (χ4n) is 1.52. The molecule has 1 atom stereocenters. The van der Waals surface area contributed by atoms with E-state index in [4.69, 9.17) is 10.5 Å². The molecule has 7 nitrogen and oxygen atoms in total. The molecule has 104 valence electrons. The van der Waals surface area contributed by atoms with Gasteiger partial charge in [-0.1, -0.05) is 0 Å². The summed E-state index contributed by atoms with van der Waals surface area (Å²) in [6.45, 7) is 3.88. The lowest BCUT2D eigenvalue weighted by Gasteiger charge is -2.09. The van der Waals surface area contributed by atoms with Crippen LogP contribution in [0.2, 0.25) is 0 Å². The summed E-state index contributed by atoms with van der Waals surface area (Å²) in [6.07, 6.45) is 0.102. The van der Waals surface area contributed by atoms with Crippen molar-refractivity contribution in [2.75, 3.05) is 11.9 Å². The van der Waals surface area contributed by atoms with Crippen molar-refractivity contribution in [1.29, 1.82) is 0 Å². The van der Waals surface area contributed by atoms with Gasteiger partial charge in [-0.05, 0) is 26.0 Å². The molecule has 0 aromatic heterocycles. The predicted molar refractivity (Wildman–Crippen MR) is 71.2 cm³/mol. The van der Waals surface area contributed by atoms with E-state index in [1.54, 1.807) is 19.9 Å². The van der Waals surface area contributed by atoms with E-state index in [9.17, 15) is 14.9 Å². The highest BCUT2D eigenvalue weighted by molar-refractivity contribution is 5.93. The van der Waals surface area contributed by atoms with Gasteiger partial charge in [-0.15, -0.1) is 0 Å². The third-order valence-electron chi connectivity index (χ3n) is 2.26. The number of hydrogen-bond acceptors (Lipinski definition) is 5. The molecule has 0 saturated heterocycles. The van der Waals surface area contributed by atoms with Crippen LogP contribution in [0.25, 0.3) is 0 Å². The Labute approximate surface area is 110 Å². The average Bonchev–Trinajstić information content (AvgIpc) is 2.30. The molecule has 1 aromatic carbocycles. The van der Waals surface area contributed by atoms with Crippen LogP contribution in [-0.2, 0) is 4.79 Å². The molecule has 0 heterocycles. The van der Waals surface area contributed by atoms with E-state index in [1.165, 1.54) is 12.1 Å². The average molecular weight is 267 g/mol. The number of nitro benzene ring substituents is 1. The zero-order valence-corrected chi connectivity index (χ0v) is 10.9. The highest BCUT2D eigenvalue weighted by Crippen LogP contribution is 2.29. The van der Waals surface area contributed by atoms with Crippen LogP contribution in [0.5, 0.6) is 5.75 Å². The van der Waals surface area contributed by atoms with E-state index < -0.39 is 4.92 Å². The van der Waals surface area contributed by atoms with Gasteiger partial charge in [0.1, 0.15) is 11.4 Å². The number of carbonyl (C=O) groups is 1. The lowest BCUT2D eigenvalue weighted by molar-refractivity contribution is -0.384. The predicted octanol–water partition coefficient (Wildman–Crippen LogP) is 1.67. The molecular weight excluding hydrogens is 250 g/mol. The maximum atomic E-state index is 11.6. The number of carbonyl (C=O) groups excluding carboxylic acids is 1. The third-order valence-corrected chi connectivity index (χ3v) is 2.26. The number of hydrogen-bond donors (Lipinski definition) is 2. The van der Waals surface area contributed by atoms with E-state index in [1.807, 2.05) is 0 Å². The molecule has 1 amide bonds. The van der Waals surface area contributed by atoms with Crippen molar-refractivity contribution in [2.24, 2.45) is 5.73 Å². The Morgan fingerprint density at radius 2 is 2.26 bits per heavy atom. The van der Waals surface area contributed by atoms with Gasteiger partial charge >= 0.3 is 0 Å². The first-order valence-corrected chi connectivity index (χ1v) is 5.90. The first kappa shape index (κ1) is 14.9. The first-order valence-electron chi connectivity index (χ1n) is 5.90. The van der Waals surface area contributed by atoms with Gasteiger partial charge in [0.15, 0.2) is 0 Å². The SMILES string of the molecule is CCOc1ccc(NC(=O)CC(C)N)c([N+](=O)[O-])c1. The van der Waals surface area contributed by atoms with Gasteiger partial charge in [-0.3, -0.25) is 14.9 Å². The van der Waals surface area contributed by atoms with Crippen LogP contribution in [0.3, 0.4) is 0 Å². The summed E-state index contributed by atoms with van der Waals surface area (Å²) >= 11 is 0. The summed E-state index contributed by atoms with van der Waals surface area (Å²) in [5, 5.41) is 13.4. The third kappa shape index (κ3) is 4.55. The van der Waals surface area contributed by atoms with Gasteiger partial charge in [-0.25, -0.2) is 0 Å². The summed E-state index contributed by atoms with van der Waals surface area (Å²) in [4.78, 5) is 22.0. The Bertz CT molecular complexity index is 474. The van der Waals surface area contributed by atoms with Crippen molar-refractivity contribution in [3.05, 3.63) is 28.3 Å². The number of nitro groups is 1. The van der Waals surface area contributed by atoms with Gasteiger partial charge in [-0.2, -0.15) is 0 Å². The van der Waals surface area contributed by atoms with E-state index in [0.29, 0.717) is 12.4 Å². The molecule has 0 aliphatic heterocycles. The monoisotopic (exact) mass is 267 g/mol. The number of amides is 1. The summed E-state index contributed by atoms with van der Waals surface area (Å²) in [7, 11) is 0. The Kier molecular flexibility index (Phi) is 5.25. The molecule has 1 rings (SSSR count). The molecule has 1 unspecified atom stereocenters. The maximum Gasteiger partial charge on any atom is 0.296 e. The number of nitrogens with zero attached hydrogens (tertiary/aromatic N) is 1. The smallest absolute Gasteiger partial charge is 0.296 e. The largest absolute Gasteiger partial charge is 0.494 e. The molecule has 1 aromatic rings. The molecule has 19 heavy (non-hydrogen) atoms. The van der Waals surface area contributed by atoms with Gasteiger partial charge in [0.2, 0.25) is 5.91 Å².